The Morgan fingerprint density at radius 1 is 1.42 bits per heavy atom. The van der Waals surface area contributed by atoms with Crippen LogP contribution in [0.2, 0.25) is 5.02 Å². The van der Waals surface area contributed by atoms with Crippen LogP contribution in [0.5, 0.6) is 5.88 Å². The molecule has 0 fully saturated rings. The minimum Gasteiger partial charge on any atom is -0.493 e. The Morgan fingerprint density at radius 3 is 2.74 bits per heavy atom. The zero-order chi connectivity index (χ0) is 14.0. The highest BCUT2D eigenvalue weighted by molar-refractivity contribution is 6.31. The molecule has 5 heteroatoms. The molecule has 1 aromatic heterocycles. The summed E-state index contributed by atoms with van der Waals surface area (Å²) in [4.78, 5) is 11.9. The smallest absolute Gasteiger partial charge is 0.253 e. The van der Waals surface area contributed by atoms with Gasteiger partial charge in [0.05, 0.1) is 6.54 Å². The monoisotopic (exact) mass is 274 g/mol. The first-order chi connectivity index (χ1) is 9.04. The fraction of sp³-hybridized carbons (Fsp3) is 0.143. The van der Waals surface area contributed by atoms with Crippen LogP contribution in [0, 0.1) is 18.3 Å². The molecule has 4 nitrogen and oxygen atoms in total. The first kappa shape index (κ1) is 13.2. The lowest BCUT2D eigenvalue weighted by Gasteiger charge is -2.11. The van der Waals surface area contributed by atoms with E-state index in [9.17, 15) is 9.90 Å². The third-order valence-corrected chi connectivity index (χ3v) is 3.25. The van der Waals surface area contributed by atoms with Gasteiger partial charge in [-0.2, -0.15) is 5.26 Å². The number of pyridine rings is 1. The summed E-state index contributed by atoms with van der Waals surface area (Å²) in [5, 5.41) is 19.5. The molecule has 1 aromatic carbocycles. The molecule has 2 aromatic rings. The number of aromatic nitrogens is 1. The Kier molecular flexibility index (Phi) is 3.59. The molecule has 0 atom stereocenters. The Morgan fingerprint density at radius 2 is 2.11 bits per heavy atom. The van der Waals surface area contributed by atoms with E-state index in [2.05, 4.69) is 0 Å². The van der Waals surface area contributed by atoms with E-state index < -0.39 is 0 Å². The fourth-order valence-corrected chi connectivity index (χ4v) is 2.03. The second-order valence-electron chi connectivity index (χ2n) is 4.15. The highest BCUT2D eigenvalue weighted by atomic mass is 35.5. The molecule has 0 amide bonds. The number of nitriles is 1. The molecular formula is C14H11ClN2O2. The summed E-state index contributed by atoms with van der Waals surface area (Å²) in [5.41, 5.74) is 0.898. The van der Waals surface area contributed by atoms with Crippen LogP contribution in [0.4, 0.5) is 0 Å². The van der Waals surface area contributed by atoms with Crippen LogP contribution >= 0.6 is 11.6 Å². The van der Waals surface area contributed by atoms with Gasteiger partial charge in [-0.1, -0.05) is 29.8 Å². The molecule has 0 radical (unpaired) electrons. The average Bonchev–Trinajstić information content (AvgIpc) is 2.36. The van der Waals surface area contributed by atoms with E-state index in [0.29, 0.717) is 16.1 Å². The van der Waals surface area contributed by atoms with Crippen molar-refractivity contribution in [2.75, 3.05) is 0 Å². The summed E-state index contributed by atoms with van der Waals surface area (Å²) in [6.45, 7) is 1.73. The zero-order valence-corrected chi connectivity index (χ0v) is 11.0. The summed E-state index contributed by atoms with van der Waals surface area (Å²) >= 11 is 6.02. The molecular weight excluding hydrogens is 264 g/mol. The standard InChI is InChI=1S/C14H11ClN2O2/c1-9-6-13(18)17(14(19)11(9)7-16)8-10-4-2-3-5-12(10)15/h2-6,19H,8H2,1H3. The number of rotatable bonds is 2. The van der Waals surface area contributed by atoms with E-state index in [4.69, 9.17) is 16.9 Å². The second-order valence-corrected chi connectivity index (χ2v) is 4.56. The van der Waals surface area contributed by atoms with Crippen LogP contribution < -0.4 is 5.56 Å². The molecule has 19 heavy (non-hydrogen) atoms. The van der Waals surface area contributed by atoms with Crippen molar-refractivity contribution in [3.05, 3.63) is 62.4 Å². The molecule has 1 heterocycles. The van der Waals surface area contributed by atoms with Gasteiger partial charge in [0.15, 0.2) is 0 Å². The van der Waals surface area contributed by atoms with Crippen LogP contribution in [0.3, 0.4) is 0 Å². The van der Waals surface area contributed by atoms with E-state index in [1.807, 2.05) is 6.07 Å². The number of nitrogens with zero attached hydrogens (tertiary/aromatic N) is 2. The number of hydrogen-bond donors (Lipinski definition) is 1. The van der Waals surface area contributed by atoms with Gasteiger partial charge in [-0.05, 0) is 24.1 Å². The van der Waals surface area contributed by atoms with Crippen LogP contribution in [0.25, 0.3) is 0 Å². The number of aromatic hydroxyl groups is 1. The first-order valence-corrected chi connectivity index (χ1v) is 5.99. The number of hydrogen-bond acceptors (Lipinski definition) is 3. The van der Waals surface area contributed by atoms with Crippen molar-refractivity contribution in [1.29, 1.82) is 5.26 Å². The van der Waals surface area contributed by atoms with Crippen molar-refractivity contribution in [1.82, 2.24) is 4.57 Å². The van der Waals surface area contributed by atoms with Gasteiger partial charge < -0.3 is 5.11 Å². The topological polar surface area (TPSA) is 66.0 Å². The van der Waals surface area contributed by atoms with E-state index in [0.717, 1.165) is 4.57 Å². The van der Waals surface area contributed by atoms with Crippen LogP contribution in [-0.4, -0.2) is 9.67 Å². The maximum atomic E-state index is 11.9. The molecule has 0 aliphatic carbocycles. The van der Waals surface area contributed by atoms with Crippen molar-refractivity contribution >= 4 is 11.6 Å². The van der Waals surface area contributed by atoms with Gasteiger partial charge in [0.1, 0.15) is 11.6 Å². The van der Waals surface area contributed by atoms with Gasteiger partial charge in [-0.25, -0.2) is 0 Å². The van der Waals surface area contributed by atoms with E-state index in [1.54, 1.807) is 31.2 Å². The lowest BCUT2D eigenvalue weighted by molar-refractivity contribution is 0.412. The third-order valence-electron chi connectivity index (χ3n) is 2.88. The van der Waals surface area contributed by atoms with Crippen LogP contribution in [-0.2, 0) is 6.54 Å². The minimum absolute atomic E-state index is 0.103. The van der Waals surface area contributed by atoms with Crippen LogP contribution in [0.1, 0.15) is 16.7 Å². The highest BCUT2D eigenvalue weighted by Crippen LogP contribution is 2.21. The van der Waals surface area contributed by atoms with Gasteiger partial charge in [0, 0.05) is 11.1 Å². The molecule has 2 rings (SSSR count). The third kappa shape index (κ3) is 2.47. The van der Waals surface area contributed by atoms with Gasteiger partial charge in [-0.15, -0.1) is 0 Å². The largest absolute Gasteiger partial charge is 0.493 e. The molecule has 0 aliphatic heterocycles. The highest BCUT2D eigenvalue weighted by Gasteiger charge is 2.13. The Labute approximate surface area is 115 Å². The molecule has 96 valence electrons. The summed E-state index contributed by atoms with van der Waals surface area (Å²) in [7, 11) is 0. The molecule has 1 N–H and O–H groups in total. The second kappa shape index (κ2) is 5.17. The molecule has 0 bridgehead atoms. The fourth-order valence-electron chi connectivity index (χ4n) is 1.84. The van der Waals surface area contributed by atoms with Gasteiger partial charge in [0.2, 0.25) is 5.88 Å². The number of aryl methyl sites for hydroxylation is 1. The van der Waals surface area contributed by atoms with E-state index >= 15 is 0 Å². The predicted molar refractivity (Wildman–Crippen MR) is 72.4 cm³/mol. The Balaban J connectivity index is 2.56. The van der Waals surface area contributed by atoms with Crippen molar-refractivity contribution in [2.24, 2.45) is 0 Å². The lowest BCUT2D eigenvalue weighted by Crippen LogP contribution is -2.21. The summed E-state index contributed by atoms with van der Waals surface area (Å²) < 4.78 is 1.13. The molecule has 0 spiro atoms. The van der Waals surface area contributed by atoms with Crippen molar-refractivity contribution in [3.63, 3.8) is 0 Å². The molecule has 0 saturated carbocycles. The lowest BCUT2D eigenvalue weighted by atomic mass is 10.1. The van der Waals surface area contributed by atoms with Crippen molar-refractivity contribution in [2.45, 2.75) is 13.5 Å². The van der Waals surface area contributed by atoms with Crippen LogP contribution in [0.15, 0.2) is 35.1 Å². The molecule has 0 aliphatic rings. The SMILES string of the molecule is Cc1cc(=O)n(Cc2ccccc2Cl)c(O)c1C#N. The number of benzene rings is 1. The quantitative estimate of drug-likeness (QED) is 0.915. The first-order valence-electron chi connectivity index (χ1n) is 5.61. The predicted octanol–water partition coefficient (Wildman–Crippen LogP) is 2.44. The van der Waals surface area contributed by atoms with E-state index in [1.165, 1.54) is 6.07 Å². The Bertz CT molecular complexity index is 729. The van der Waals surface area contributed by atoms with Crippen molar-refractivity contribution < 1.29 is 5.11 Å². The minimum atomic E-state index is -0.367. The number of halogens is 1. The normalized spacial score (nSPS) is 10.2. The molecule has 0 unspecified atom stereocenters. The van der Waals surface area contributed by atoms with Gasteiger partial charge in [-0.3, -0.25) is 9.36 Å². The van der Waals surface area contributed by atoms with E-state index in [-0.39, 0.29) is 23.5 Å². The maximum Gasteiger partial charge on any atom is 0.253 e. The van der Waals surface area contributed by atoms with Crippen molar-refractivity contribution in [3.8, 4) is 11.9 Å². The maximum absolute atomic E-state index is 11.9. The molecule has 0 saturated heterocycles. The zero-order valence-electron chi connectivity index (χ0n) is 10.2. The Hall–Kier alpha value is -2.25. The summed E-state index contributed by atoms with van der Waals surface area (Å²) in [5.74, 6) is -0.326. The summed E-state index contributed by atoms with van der Waals surface area (Å²) in [6, 6.07) is 10.3. The van der Waals surface area contributed by atoms with Gasteiger partial charge in [0.25, 0.3) is 5.56 Å². The summed E-state index contributed by atoms with van der Waals surface area (Å²) in [6.07, 6.45) is 0. The van der Waals surface area contributed by atoms with Gasteiger partial charge >= 0.3 is 0 Å². The average molecular weight is 275 g/mol.